The summed E-state index contributed by atoms with van der Waals surface area (Å²) in [6.45, 7) is 0. The number of halogens is 2. The van der Waals surface area contributed by atoms with E-state index in [0.717, 1.165) is 4.57 Å². The van der Waals surface area contributed by atoms with Crippen LogP contribution in [0, 0.1) is 17.1 Å². The molecule has 2 rings (SSSR count). The summed E-state index contributed by atoms with van der Waals surface area (Å²) in [5.41, 5.74) is 5.37. The van der Waals surface area contributed by atoms with E-state index >= 15 is 0 Å². The maximum Gasteiger partial charge on any atom is 0.270 e. The van der Waals surface area contributed by atoms with Gasteiger partial charge in [0, 0.05) is 22.6 Å². The van der Waals surface area contributed by atoms with Gasteiger partial charge in [-0.1, -0.05) is 15.9 Å². The van der Waals surface area contributed by atoms with E-state index in [9.17, 15) is 9.18 Å². The molecule has 0 aliphatic rings. The summed E-state index contributed by atoms with van der Waals surface area (Å²) in [6.07, 6.45) is 0. The molecule has 6 heteroatoms. The Morgan fingerprint density at radius 1 is 1.37 bits per heavy atom. The van der Waals surface area contributed by atoms with E-state index in [1.54, 1.807) is 6.07 Å². The predicted octanol–water partition coefficient (Wildman–Crippen LogP) is 2.41. The monoisotopic (exact) mass is 321 g/mol. The van der Waals surface area contributed by atoms with E-state index in [-0.39, 0.29) is 22.5 Å². The third-order valence-electron chi connectivity index (χ3n) is 2.80. The second-order valence-electron chi connectivity index (χ2n) is 3.96. The highest BCUT2D eigenvalue weighted by atomic mass is 79.9. The molecule has 0 saturated heterocycles. The zero-order valence-electron chi connectivity index (χ0n) is 9.95. The lowest BCUT2D eigenvalue weighted by atomic mass is 10.0. The van der Waals surface area contributed by atoms with Crippen molar-refractivity contribution >= 4 is 21.7 Å². The first kappa shape index (κ1) is 13.3. The van der Waals surface area contributed by atoms with Gasteiger partial charge < -0.3 is 5.73 Å². The fourth-order valence-electron chi connectivity index (χ4n) is 1.74. The van der Waals surface area contributed by atoms with E-state index in [2.05, 4.69) is 15.9 Å². The van der Waals surface area contributed by atoms with Gasteiger partial charge in [0.2, 0.25) is 0 Å². The van der Waals surface area contributed by atoms with Gasteiger partial charge in [-0.3, -0.25) is 9.36 Å². The van der Waals surface area contributed by atoms with Crippen LogP contribution in [-0.2, 0) is 7.05 Å². The average Bonchev–Trinajstić information content (AvgIpc) is 2.38. The second-order valence-corrected chi connectivity index (χ2v) is 4.87. The standard InChI is InChI=1S/C13H9BrFN3O/c1-18-12(17)5-8(10(6-16)13(18)19)9-4-7(14)2-3-11(9)15/h2-5H,17H2,1H3. The summed E-state index contributed by atoms with van der Waals surface area (Å²) in [5.74, 6) is -0.356. The van der Waals surface area contributed by atoms with Gasteiger partial charge in [0.05, 0.1) is 0 Å². The van der Waals surface area contributed by atoms with Crippen LogP contribution in [0.4, 0.5) is 10.2 Å². The summed E-state index contributed by atoms with van der Waals surface area (Å²) < 4.78 is 15.7. The van der Waals surface area contributed by atoms with Crippen molar-refractivity contribution in [3.05, 3.63) is 50.5 Å². The van der Waals surface area contributed by atoms with Crippen LogP contribution in [0.3, 0.4) is 0 Å². The Labute approximate surface area is 117 Å². The number of hydrogen-bond donors (Lipinski definition) is 1. The first-order valence-corrected chi connectivity index (χ1v) is 6.10. The van der Waals surface area contributed by atoms with Gasteiger partial charge in [0.25, 0.3) is 5.56 Å². The Bertz CT molecular complexity index is 762. The molecule has 19 heavy (non-hydrogen) atoms. The first-order chi connectivity index (χ1) is 8.95. The van der Waals surface area contributed by atoms with Crippen molar-refractivity contribution in [2.75, 3.05) is 5.73 Å². The smallest absolute Gasteiger partial charge is 0.270 e. The van der Waals surface area contributed by atoms with Crippen molar-refractivity contribution < 1.29 is 4.39 Å². The number of benzene rings is 1. The Hall–Kier alpha value is -2.13. The van der Waals surface area contributed by atoms with Crippen LogP contribution in [0.5, 0.6) is 0 Å². The molecule has 0 amide bonds. The Morgan fingerprint density at radius 3 is 2.68 bits per heavy atom. The molecule has 0 fully saturated rings. The first-order valence-electron chi connectivity index (χ1n) is 5.30. The zero-order valence-corrected chi connectivity index (χ0v) is 11.5. The molecule has 4 nitrogen and oxygen atoms in total. The number of nitriles is 1. The fourth-order valence-corrected chi connectivity index (χ4v) is 2.10. The quantitative estimate of drug-likeness (QED) is 0.876. The molecular formula is C13H9BrFN3O. The number of rotatable bonds is 1. The zero-order chi connectivity index (χ0) is 14.2. The normalized spacial score (nSPS) is 10.2. The number of pyridine rings is 1. The fraction of sp³-hybridized carbons (Fsp3) is 0.0769. The molecule has 0 aliphatic heterocycles. The molecule has 0 atom stereocenters. The molecule has 0 bridgehead atoms. The number of hydrogen-bond acceptors (Lipinski definition) is 3. The number of nitrogens with zero attached hydrogens (tertiary/aromatic N) is 2. The lowest BCUT2D eigenvalue weighted by Gasteiger charge is -2.10. The highest BCUT2D eigenvalue weighted by Gasteiger charge is 2.16. The number of anilines is 1. The van der Waals surface area contributed by atoms with Gasteiger partial charge in [-0.05, 0) is 24.3 Å². The lowest BCUT2D eigenvalue weighted by Crippen LogP contribution is -2.23. The van der Waals surface area contributed by atoms with Crippen molar-refractivity contribution in [3.8, 4) is 17.2 Å². The van der Waals surface area contributed by atoms with E-state index in [1.807, 2.05) is 0 Å². The van der Waals surface area contributed by atoms with Crippen LogP contribution < -0.4 is 11.3 Å². The minimum absolute atomic E-state index is 0.131. The molecule has 1 heterocycles. The minimum Gasteiger partial charge on any atom is -0.385 e. The summed E-state index contributed by atoms with van der Waals surface area (Å²) in [6, 6.07) is 7.53. The molecule has 96 valence electrons. The second kappa shape index (κ2) is 4.86. The number of nitrogens with two attached hydrogens (primary N) is 1. The average molecular weight is 322 g/mol. The van der Waals surface area contributed by atoms with Crippen molar-refractivity contribution in [1.29, 1.82) is 5.26 Å². The third-order valence-corrected chi connectivity index (χ3v) is 3.29. The molecule has 0 saturated carbocycles. The molecule has 1 aromatic carbocycles. The Morgan fingerprint density at radius 2 is 2.05 bits per heavy atom. The van der Waals surface area contributed by atoms with Crippen molar-refractivity contribution in [3.63, 3.8) is 0 Å². The van der Waals surface area contributed by atoms with E-state index in [4.69, 9.17) is 11.0 Å². The molecule has 2 aromatic rings. The number of aromatic nitrogens is 1. The van der Waals surface area contributed by atoms with Gasteiger partial charge >= 0.3 is 0 Å². The molecule has 0 radical (unpaired) electrons. The van der Waals surface area contributed by atoms with Crippen LogP contribution in [0.25, 0.3) is 11.1 Å². The summed E-state index contributed by atoms with van der Waals surface area (Å²) in [5, 5.41) is 9.10. The molecule has 2 N–H and O–H groups in total. The Kier molecular flexibility index (Phi) is 3.40. The van der Waals surface area contributed by atoms with Crippen LogP contribution in [0.2, 0.25) is 0 Å². The summed E-state index contributed by atoms with van der Waals surface area (Å²) in [4.78, 5) is 11.9. The van der Waals surface area contributed by atoms with Gasteiger partial charge in [0.1, 0.15) is 23.3 Å². The third kappa shape index (κ3) is 2.25. The predicted molar refractivity (Wildman–Crippen MR) is 73.9 cm³/mol. The molecule has 0 spiro atoms. The topological polar surface area (TPSA) is 71.8 Å². The van der Waals surface area contributed by atoms with Gasteiger partial charge in [-0.25, -0.2) is 4.39 Å². The van der Waals surface area contributed by atoms with Crippen LogP contribution in [0.15, 0.2) is 33.5 Å². The molecule has 1 aromatic heterocycles. The highest BCUT2D eigenvalue weighted by Crippen LogP contribution is 2.28. The maximum absolute atomic E-state index is 13.9. The summed E-state index contributed by atoms with van der Waals surface area (Å²) >= 11 is 3.23. The van der Waals surface area contributed by atoms with E-state index < -0.39 is 11.4 Å². The maximum atomic E-state index is 13.9. The summed E-state index contributed by atoms with van der Waals surface area (Å²) in [7, 11) is 1.46. The highest BCUT2D eigenvalue weighted by molar-refractivity contribution is 9.10. The van der Waals surface area contributed by atoms with Gasteiger partial charge in [-0.15, -0.1) is 0 Å². The van der Waals surface area contributed by atoms with Gasteiger partial charge in [-0.2, -0.15) is 5.26 Å². The van der Waals surface area contributed by atoms with Gasteiger partial charge in [0.15, 0.2) is 0 Å². The SMILES string of the molecule is Cn1c(N)cc(-c2cc(Br)ccc2F)c(C#N)c1=O. The van der Waals surface area contributed by atoms with Crippen molar-refractivity contribution in [1.82, 2.24) is 4.57 Å². The molecular weight excluding hydrogens is 313 g/mol. The molecule has 0 aliphatic carbocycles. The van der Waals surface area contributed by atoms with Crippen molar-refractivity contribution in [2.45, 2.75) is 0 Å². The van der Waals surface area contributed by atoms with Crippen LogP contribution >= 0.6 is 15.9 Å². The lowest BCUT2D eigenvalue weighted by molar-refractivity contribution is 0.631. The van der Waals surface area contributed by atoms with E-state index in [1.165, 1.54) is 31.3 Å². The van der Waals surface area contributed by atoms with Crippen molar-refractivity contribution in [2.24, 2.45) is 7.05 Å². The largest absolute Gasteiger partial charge is 0.385 e. The van der Waals surface area contributed by atoms with Crippen LogP contribution in [-0.4, -0.2) is 4.57 Å². The van der Waals surface area contributed by atoms with Crippen LogP contribution in [0.1, 0.15) is 5.56 Å². The number of nitrogen functional groups attached to an aromatic ring is 1. The van der Waals surface area contributed by atoms with E-state index in [0.29, 0.717) is 4.47 Å². The Balaban J connectivity index is 2.87. The molecule has 0 unspecified atom stereocenters. The minimum atomic E-state index is -0.545.